The number of carbonyl (C=O) groups excluding carboxylic acids is 2. The van der Waals surface area contributed by atoms with Crippen molar-refractivity contribution in [1.82, 2.24) is 0 Å². The molecule has 3 aliphatic rings. The van der Waals surface area contributed by atoms with E-state index in [4.69, 9.17) is 14.2 Å². The average molecular weight is 375 g/mol. The Morgan fingerprint density at radius 2 is 1.67 bits per heavy atom. The van der Waals surface area contributed by atoms with Crippen molar-refractivity contribution < 1.29 is 28.9 Å². The molecule has 0 aromatic heterocycles. The van der Waals surface area contributed by atoms with Gasteiger partial charge in [0.15, 0.2) is 23.7 Å². The van der Waals surface area contributed by atoms with E-state index in [1.54, 1.807) is 18.2 Å². The zero-order chi connectivity index (χ0) is 18.9. The van der Waals surface area contributed by atoms with Gasteiger partial charge in [0.05, 0.1) is 0 Å². The smallest absolute Gasteiger partial charge is 0.338 e. The Bertz CT molecular complexity index is 734. The molecule has 146 valence electrons. The van der Waals surface area contributed by atoms with Gasteiger partial charge in [0.2, 0.25) is 0 Å². The molecule has 0 atom stereocenters. The minimum Gasteiger partial charge on any atom is -0.453 e. The molecule has 0 bridgehead atoms. The van der Waals surface area contributed by atoms with Crippen LogP contribution >= 0.6 is 0 Å². The molecule has 0 radical (unpaired) electrons. The van der Waals surface area contributed by atoms with Crippen LogP contribution in [0.1, 0.15) is 57.8 Å². The lowest BCUT2D eigenvalue weighted by molar-refractivity contribution is -0.170. The summed E-state index contributed by atoms with van der Waals surface area (Å²) >= 11 is 0. The summed E-state index contributed by atoms with van der Waals surface area (Å²) in [5.74, 6) is -0.428. The molecule has 1 heterocycles. The van der Waals surface area contributed by atoms with Crippen LogP contribution in [0, 0.1) is 0 Å². The molecule has 0 saturated heterocycles. The van der Waals surface area contributed by atoms with Crippen LogP contribution in [0.25, 0.3) is 0 Å². The van der Waals surface area contributed by atoms with E-state index in [9.17, 15) is 14.7 Å². The number of esters is 1. The minimum absolute atomic E-state index is 0.386. The Morgan fingerprint density at radius 1 is 1.00 bits per heavy atom. The third-order valence-corrected chi connectivity index (χ3v) is 5.58. The van der Waals surface area contributed by atoms with Gasteiger partial charge in [-0.15, -0.1) is 0 Å². The minimum atomic E-state index is -1.45. The first-order valence-corrected chi connectivity index (χ1v) is 9.70. The molecule has 7 nitrogen and oxygen atoms in total. The van der Waals surface area contributed by atoms with Gasteiger partial charge in [-0.1, -0.05) is 6.42 Å². The van der Waals surface area contributed by atoms with Crippen molar-refractivity contribution in [2.75, 3.05) is 11.9 Å². The molecule has 2 aliphatic carbocycles. The van der Waals surface area contributed by atoms with Crippen LogP contribution in [0.5, 0.6) is 11.5 Å². The van der Waals surface area contributed by atoms with Gasteiger partial charge in [-0.05, 0) is 50.7 Å². The summed E-state index contributed by atoms with van der Waals surface area (Å²) in [6.45, 7) is -0.431. The number of hydrogen-bond donors (Lipinski definition) is 2. The van der Waals surface area contributed by atoms with E-state index in [0.717, 1.165) is 44.9 Å². The van der Waals surface area contributed by atoms with Gasteiger partial charge in [0, 0.05) is 24.6 Å². The molecule has 1 amide bonds. The third-order valence-electron chi connectivity index (χ3n) is 5.58. The maximum absolute atomic E-state index is 12.1. The van der Waals surface area contributed by atoms with Crippen LogP contribution in [0.3, 0.4) is 0 Å². The highest BCUT2D eigenvalue weighted by Crippen LogP contribution is 2.47. The van der Waals surface area contributed by atoms with Crippen molar-refractivity contribution in [1.29, 1.82) is 0 Å². The fraction of sp³-hybridized carbons (Fsp3) is 0.600. The van der Waals surface area contributed by atoms with Crippen LogP contribution in [0.15, 0.2) is 18.2 Å². The molecule has 27 heavy (non-hydrogen) atoms. The highest BCUT2D eigenvalue weighted by molar-refractivity contribution is 5.93. The molecule has 1 spiro atoms. The van der Waals surface area contributed by atoms with E-state index in [1.807, 2.05) is 0 Å². The van der Waals surface area contributed by atoms with E-state index in [0.29, 0.717) is 30.0 Å². The summed E-state index contributed by atoms with van der Waals surface area (Å²) in [4.78, 5) is 24.2. The SMILES string of the molecule is O=C(COC(=O)C1(O)CCCCC1)Nc1ccc2c(c1)OC1(CCCC1)O2. The van der Waals surface area contributed by atoms with Crippen LogP contribution < -0.4 is 14.8 Å². The van der Waals surface area contributed by atoms with Crippen molar-refractivity contribution in [3.8, 4) is 11.5 Å². The summed E-state index contributed by atoms with van der Waals surface area (Å²) in [6.07, 6.45) is 7.23. The monoisotopic (exact) mass is 375 g/mol. The predicted octanol–water partition coefficient (Wildman–Crippen LogP) is 2.91. The predicted molar refractivity (Wildman–Crippen MR) is 96.5 cm³/mol. The van der Waals surface area contributed by atoms with Gasteiger partial charge >= 0.3 is 5.97 Å². The Hall–Kier alpha value is -2.28. The lowest BCUT2D eigenvalue weighted by Crippen LogP contribution is -2.42. The fourth-order valence-corrected chi connectivity index (χ4v) is 4.09. The number of amides is 1. The quantitative estimate of drug-likeness (QED) is 0.786. The van der Waals surface area contributed by atoms with Crippen molar-refractivity contribution in [3.05, 3.63) is 18.2 Å². The average Bonchev–Trinajstić information content (AvgIpc) is 3.26. The fourth-order valence-electron chi connectivity index (χ4n) is 4.09. The molecule has 0 unspecified atom stereocenters. The van der Waals surface area contributed by atoms with Crippen LogP contribution in [0.2, 0.25) is 0 Å². The molecule has 7 heteroatoms. The number of rotatable bonds is 4. The van der Waals surface area contributed by atoms with Crippen molar-refractivity contribution in [2.24, 2.45) is 0 Å². The number of anilines is 1. The summed E-state index contributed by atoms with van der Waals surface area (Å²) in [6, 6.07) is 5.22. The molecule has 1 aromatic carbocycles. The van der Waals surface area contributed by atoms with Gasteiger partial charge < -0.3 is 24.6 Å². The lowest BCUT2D eigenvalue weighted by Gasteiger charge is -2.29. The summed E-state index contributed by atoms with van der Waals surface area (Å²) < 4.78 is 16.9. The highest BCUT2D eigenvalue weighted by Gasteiger charge is 2.44. The molecule has 2 fully saturated rings. The Balaban J connectivity index is 1.31. The Labute approximate surface area is 158 Å². The van der Waals surface area contributed by atoms with Gasteiger partial charge in [0.1, 0.15) is 0 Å². The molecule has 1 aromatic rings. The largest absolute Gasteiger partial charge is 0.453 e. The number of carbonyl (C=O) groups is 2. The van der Waals surface area contributed by atoms with E-state index in [1.165, 1.54) is 0 Å². The molecular formula is C20H25NO6. The highest BCUT2D eigenvalue weighted by atomic mass is 16.7. The maximum atomic E-state index is 12.1. The van der Waals surface area contributed by atoms with Crippen LogP contribution in [-0.4, -0.2) is 35.0 Å². The molecule has 2 saturated carbocycles. The number of ether oxygens (including phenoxy) is 3. The van der Waals surface area contributed by atoms with Crippen molar-refractivity contribution >= 4 is 17.6 Å². The normalized spacial score (nSPS) is 21.8. The van der Waals surface area contributed by atoms with Gasteiger partial charge in [-0.3, -0.25) is 4.79 Å². The molecular weight excluding hydrogens is 350 g/mol. The Morgan fingerprint density at radius 3 is 2.41 bits per heavy atom. The number of fused-ring (bicyclic) bond motifs is 1. The number of nitrogens with one attached hydrogen (secondary N) is 1. The van der Waals surface area contributed by atoms with Crippen LogP contribution in [-0.2, 0) is 14.3 Å². The zero-order valence-electron chi connectivity index (χ0n) is 15.3. The number of hydrogen-bond acceptors (Lipinski definition) is 6. The Kier molecular flexibility index (Phi) is 4.72. The first-order valence-electron chi connectivity index (χ1n) is 9.70. The van der Waals surface area contributed by atoms with E-state index in [2.05, 4.69) is 5.32 Å². The second-order valence-electron chi connectivity index (χ2n) is 7.70. The zero-order valence-corrected chi connectivity index (χ0v) is 15.3. The second kappa shape index (κ2) is 7.03. The van der Waals surface area contributed by atoms with E-state index < -0.39 is 29.9 Å². The topological polar surface area (TPSA) is 94.1 Å². The van der Waals surface area contributed by atoms with Crippen molar-refractivity contribution in [2.45, 2.75) is 69.2 Å². The van der Waals surface area contributed by atoms with E-state index in [-0.39, 0.29) is 0 Å². The lowest BCUT2D eigenvalue weighted by atomic mass is 9.85. The van der Waals surface area contributed by atoms with Crippen LogP contribution in [0.4, 0.5) is 5.69 Å². The standard InChI is InChI=1S/C20H25NO6/c22-17(13-25-18(23)19(24)8-2-1-3-9-19)21-14-6-7-15-16(12-14)27-20(26-15)10-4-5-11-20/h6-7,12,24H,1-5,8-11,13H2,(H,21,22). The third kappa shape index (κ3) is 3.74. The summed E-state index contributed by atoms with van der Waals surface area (Å²) in [5, 5.41) is 13.0. The number of benzene rings is 1. The van der Waals surface area contributed by atoms with Gasteiger partial charge in [-0.25, -0.2) is 4.79 Å². The first-order chi connectivity index (χ1) is 13.0. The summed E-state index contributed by atoms with van der Waals surface area (Å²) in [7, 11) is 0. The van der Waals surface area contributed by atoms with E-state index >= 15 is 0 Å². The summed E-state index contributed by atoms with van der Waals surface area (Å²) in [5.41, 5.74) is -0.905. The molecule has 1 aliphatic heterocycles. The van der Waals surface area contributed by atoms with Gasteiger partial charge in [-0.2, -0.15) is 0 Å². The maximum Gasteiger partial charge on any atom is 0.338 e. The first kappa shape index (κ1) is 18.1. The van der Waals surface area contributed by atoms with Crippen molar-refractivity contribution in [3.63, 3.8) is 0 Å². The second-order valence-corrected chi connectivity index (χ2v) is 7.70. The molecule has 4 rings (SSSR count). The number of aliphatic hydroxyl groups is 1. The van der Waals surface area contributed by atoms with Gasteiger partial charge in [0.25, 0.3) is 11.7 Å². The molecule has 2 N–H and O–H groups in total.